The van der Waals surface area contributed by atoms with Crippen molar-refractivity contribution in [1.29, 1.82) is 0 Å². The molecule has 1 unspecified atom stereocenters. The molecule has 0 saturated carbocycles. The number of carbonyl (C=O) groups is 1. The highest BCUT2D eigenvalue weighted by Crippen LogP contribution is 2.23. The van der Waals surface area contributed by atoms with Crippen molar-refractivity contribution in [2.24, 2.45) is 5.92 Å². The van der Waals surface area contributed by atoms with Gasteiger partial charge in [0.1, 0.15) is 10.6 Å². The second-order valence-corrected chi connectivity index (χ2v) is 8.90. The number of hydrogen-bond acceptors (Lipinski definition) is 5. The summed E-state index contributed by atoms with van der Waals surface area (Å²) in [6.45, 7) is 3.22. The number of rotatable bonds is 7. The molecule has 0 bridgehead atoms. The Bertz CT molecular complexity index is 885. The molecule has 1 amide bonds. The van der Waals surface area contributed by atoms with E-state index in [0.29, 0.717) is 25.4 Å². The molecule has 150 valence electrons. The molecular formula is C20H25N3O4S. The number of benzene rings is 1. The molecule has 7 nitrogen and oxygen atoms in total. The van der Waals surface area contributed by atoms with Gasteiger partial charge in [0.25, 0.3) is 5.91 Å². The molecule has 28 heavy (non-hydrogen) atoms. The van der Waals surface area contributed by atoms with Crippen molar-refractivity contribution in [3.05, 3.63) is 54.4 Å². The highest BCUT2D eigenvalue weighted by molar-refractivity contribution is 7.89. The molecule has 1 N–H and O–H groups in total. The Labute approximate surface area is 165 Å². The molecule has 1 aromatic carbocycles. The summed E-state index contributed by atoms with van der Waals surface area (Å²) in [5.41, 5.74) is 1.12. The minimum absolute atomic E-state index is 0.0620. The van der Waals surface area contributed by atoms with Gasteiger partial charge in [-0.3, -0.25) is 9.78 Å². The molecule has 1 aliphatic heterocycles. The van der Waals surface area contributed by atoms with Crippen LogP contribution in [0.15, 0.2) is 53.7 Å². The molecule has 1 saturated heterocycles. The smallest absolute Gasteiger partial charge is 0.257 e. The minimum atomic E-state index is -3.55. The van der Waals surface area contributed by atoms with Gasteiger partial charge in [-0.1, -0.05) is 17.7 Å². The largest absolute Gasteiger partial charge is 0.484 e. The molecule has 2 aromatic rings. The monoisotopic (exact) mass is 403 g/mol. The van der Waals surface area contributed by atoms with Gasteiger partial charge in [0.2, 0.25) is 10.0 Å². The van der Waals surface area contributed by atoms with Crippen LogP contribution in [0.5, 0.6) is 5.75 Å². The first kappa shape index (κ1) is 20.3. The summed E-state index contributed by atoms with van der Waals surface area (Å²) in [5, 5.41) is 2.85. The lowest BCUT2D eigenvalue weighted by Gasteiger charge is -2.31. The zero-order chi connectivity index (χ0) is 20.0. The second kappa shape index (κ2) is 9.16. The molecule has 0 aliphatic carbocycles. The van der Waals surface area contributed by atoms with Crippen LogP contribution in [0.25, 0.3) is 0 Å². The van der Waals surface area contributed by atoms with E-state index in [1.165, 1.54) is 10.5 Å². The van der Waals surface area contributed by atoms with Crippen molar-refractivity contribution in [3.63, 3.8) is 0 Å². The zero-order valence-corrected chi connectivity index (χ0v) is 16.7. The van der Waals surface area contributed by atoms with Crippen LogP contribution >= 0.6 is 0 Å². The van der Waals surface area contributed by atoms with Crippen LogP contribution in [0.4, 0.5) is 0 Å². The molecule has 1 aliphatic rings. The molecule has 2 heterocycles. The topological polar surface area (TPSA) is 88.6 Å². The van der Waals surface area contributed by atoms with Crippen LogP contribution in [0.1, 0.15) is 18.4 Å². The van der Waals surface area contributed by atoms with E-state index in [0.717, 1.165) is 18.4 Å². The van der Waals surface area contributed by atoms with E-state index in [1.54, 1.807) is 18.3 Å². The Hall–Kier alpha value is -2.45. The summed E-state index contributed by atoms with van der Waals surface area (Å²) in [7, 11) is -3.55. The van der Waals surface area contributed by atoms with E-state index in [4.69, 9.17) is 4.74 Å². The quantitative estimate of drug-likeness (QED) is 0.764. The number of ether oxygens (including phenoxy) is 1. The van der Waals surface area contributed by atoms with E-state index in [9.17, 15) is 13.2 Å². The van der Waals surface area contributed by atoms with Gasteiger partial charge in [0.05, 0.1) is 0 Å². The predicted octanol–water partition coefficient (Wildman–Crippen LogP) is 1.99. The average Bonchev–Trinajstić information content (AvgIpc) is 2.72. The van der Waals surface area contributed by atoms with Crippen LogP contribution in [0, 0.1) is 12.8 Å². The third-order valence-electron chi connectivity index (χ3n) is 4.73. The summed E-state index contributed by atoms with van der Waals surface area (Å²) in [6.07, 6.45) is 4.55. The Kier molecular flexibility index (Phi) is 6.64. The molecule has 1 atom stereocenters. The molecule has 0 radical (unpaired) electrons. The fourth-order valence-corrected chi connectivity index (χ4v) is 4.67. The maximum absolute atomic E-state index is 12.7. The van der Waals surface area contributed by atoms with Gasteiger partial charge in [0, 0.05) is 32.0 Å². The number of carbonyl (C=O) groups excluding carboxylic acids is 1. The van der Waals surface area contributed by atoms with E-state index in [-0.39, 0.29) is 23.3 Å². The molecule has 3 rings (SSSR count). The maximum Gasteiger partial charge on any atom is 0.257 e. The average molecular weight is 404 g/mol. The van der Waals surface area contributed by atoms with Crippen molar-refractivity contribution in [1.82, 2.24) is 14.6 Å². The van der Waals surface area contributed by atoms with Crippen LogP contribution in [0.3, 0.4) is 0 Å². The third-order valence-corrected chi connectivity index (χ3v) is 6.58. The fourth-order valence-electron chi connectivity index (χ4n) is 3.15. The van der Waals surface area contributed by atoms with Crippen molar-refractivity contribution < 1.29 is 17.9 Å². The third kappa shape index (κ3) is 5.30. The summed E-state index contributed by atoms with van der Waals surface area (Å²) in [4.78, 5) is 16.1. The molecular weight excluding hydrogens is 378 g/mol. The van der Waals surface area contributed by atoms with Crippen LogP contribution < -0.4 is 10.1 Å². The first-order valence-corrected chi connectivity index (χ1v) is 10.8. The van der Waals surface area contributed by atoms with E-state index in [2.05, 4.69) is 10.3 Å². The number of hydrogen-bond donors (Lipinski definition) is 1. The van der Waals surface area contributed by atoms with Crippen molar-refractivity contribution >= 4 is 15.9 Å². The normalized spacial score (nSPS) is 17.8. The van der Waals surface area contributed by atoms with Crippen molar-refractivity contribution in [2.45, 2.75) is 24.7 Å². The van der Waals surface area contributed by atoms with E-state index >= 15 is 0 Å². The summed E-state index contributed by atoms with van der Waals surface area (Å²) < 4.78 is 32.4. The number of aromatic nitrogens is 1. The van der Waals surface area contributed by atoms with Gasteiger partial charge < -0.3 is 10.1 Å². The lowest BCUT2D eigenvalue weighted by molar-refractivity contribution is -0.123. The van der Waals surface area contributed by atoms with Crippen molar-refractivity contribution in [3.8, 4) is 5.75 Å². The van der Waals surface area contributed by atoms with Crippen LogP contribution in [-0.4, -0.2) is 49.9 Å². The first-order chi connectivity index (χ1) is 13.4. The lowest BCUT2D eigenvalue weighted by Crippen LogP contribution is -2.44. The van der Waals surface area contributed by atoms with E-state index < -0.39 is 10.0 Å². The fraction of sp³-hybridized carbons (Fsp3) is 0.400. The number of pyridine rings is 1. The Morgan fingerprint density at radius 2 is 2.07 bits per heavy atom. The number of amides is 1. The SMILES string of the molecule is Cc1ccc(OCC(=O)NCC2CCCN(S(=O)(=O)c3cccnc3)C2)cc1. The first-order valence-electron chi connectivity index (χ1n) is 9.31. The van der Waals surface area contributed by atoms with Gasteiger partial charge in [-0.2, -0.15) is 4.31 Å². The number of nitrogens with one attached hydrogen (secondary N) is 1. The van der Waals surface area contributed by atoms with Gasteiger partial charge >= 0.3 is 0 Å². The molecule has 0 spiro atoms. The van der Waals surface area contributed by atoms with E-state index in [1.807, 2.05) is 31.2 Å². The molecule has 1 fully saturated rings. The standard InChI is InChI=1S/C20H25N3O4S/c1-16-6-8-18(9-7-16)27-15-20(24)22-12-17-4-3-11-23(14-17)28(25,26)19-5-2-10-21-13-19/h2,5-10,13,17H,3-4,11-12,14-15H2,1H3,(H,22,24). The van der Waals surface area contributed by atoms with Crippen molar-refractivity contribution in [2.75, 3.05) is 26.2 Å². The highest BCUT2D eigenvalue weighted by atomic mass is 32.2. The number of piperidine rings is 1. The Morgan fingerprint density at radius 1 is 1.29 bits per heavy atom. The number of nitrogens with zero attached hydrogens (tertiary/aromatic N) is 2. The summed E-state index contributed by atoms with van der Waals surface area (Å²) in [5.74, 6) is 0.503. The Morgan fingerprint density at radius 3 is 2.79 bits per heavy atom. The second-order valence-electron chi connectivity index (χ2n) is 6.97. The highest BCUT2D eigenvalue weighted by Gasteiger charge is 2.30. The minimum Gasteiger partial charge on any atom is -0.484 e. The molecule has 1 aromatic heterocycles. The van der Waals surface area contributed by atoms with Crippen LogP contribution in [0.2, 0.25) is 0 Å². The van der Waals surface area contributed by atoms with Gasteiger partial charge in [-0.25, -0.2) is 8.42 Å². The van der Waals surface area contributed by atoms with Crippen LogP contribution in [-0.2, 0) is 14.8 Å². The number of sulfonamides is 1. The van der Waals surface area contributed by atoms with Gasteiger partial charge in [-0.05, 0) is 49.9 Å². The summed E-state index contributed by atoms with van der Waals surface area (Å²) >= 11 is 0. The van der Waals surface area contributed by atoms with Gasteiger partial charge in [0.15, 0.2) is 6.61 Å². The number of aryl methyl sites for hydroxylation is 1. The van der Waals surface area contributed by atoms with Gasteiger partial charge in [-0.15, -0.1) is 0 Å². The summed E-state index contributed by atoms with van der Waals surface area (Å²) in [6, 6.07) is 10.7. The molecule has 8 heteroatoms. The predicted molar refractivity (Wildman–Crippen MR) is 105 cm³/mol. The zero-order valence-electron chi connectivity index (χ0n) is 15.9. The Balaban J connectivity index is 1.48. The maximum atomic E-state index is 12.7. The lowest BCUT2D eigenvalue weighted by atomic mass is 10.00.